The Morgan fingerprint density at radius 1 is 1.62 bits per heavy atom. The van der Waals surface area contributed by atoms with Crippen LogP contribution in [0.4, 0.5) is 0 Å². The fourth-order valence-electron chi connectivity index (χ4n) is 0.286. The fourth-order valence-corrected chi connectivity index (χ4v) is 1.07. The van der Waals surface area contributed by atoms with Gasteiger partial charge in [-0.15, -0.1) is 23.7 Å². The molecule has 0 aliphatic heterocycles. The highest BCUT2D eigenvalue weighted by molar-refractivity contribution is 7.12. The highest BCUT2D eigenvalue weighted by Gasteiger charge is 1.93. The van der Waals surface area contributed by atoms with Crippen molar-refractivity contribution in [1.82, 2.24) is 0 Å². The number of halogens is 2. The Morgan fingerprint density at radius 2 is 2.25 bits per heavy atom. The van der Waals surface area contributed by atoms with Crippen molar-refractivity contribution >= 4 is 35.3 Å². The summed E-state index contributed by atoms with van der Waals surface area (Å²) in [5, 5.41) is 11.0. The van der Waals surface area contributed by atoms with Crippen molar-refractivity contribution in [3.05, 3.63) is 16.5 Å². The van der Waals surface area contributed by atoms with E-state index >= 15 is 0 Å². The summed E-state index contributed by atoms with van der Waals surface area (Å²) >= 11 is 6.61. The molecule has 0 radical (unpaired) electrons. The van der Waals surface area contributed by atoms with Crippen LogP contribution in [0.5, 0.6) is 5.06 Å². The standard InChI is InChI=1S/C4H3ClOS.ClH/c5-3-1-2-7-4(3)6;/h1-2,6H;1H. The number of aromatic hydroxyl groups is 1. The van der Waals surface area contributed by atoms with Crippen LogP contribution in [0.1, 0.15) is 0 Å². The SMILES string of the molecule is Cl.Oc1sccc1Cl. The minimum absolute atomic E-state index is 0. The van der Waals surface area contributed by atoms with E-state index in [1.54, 1.807) is 11.4 Å². The summed E-state index contributed by atoms with van der Waals surface area (Å²) < 4.78 is 0. The molecule has 1 nitrogen and oxygen atoms in total. The fraction of sp³-hybridized carbons (Fsp3) is 0. The van der Waals surface area contributed by atoms with Crippen LogP contribution in [-0.4, -0.2) is 5.11 Å². The van der Waals surface area contributed by atoms with Crippen molar-refractivity contribution in [1.29, 1.82) is 0 Å². The van der Waals surface area contributed by atoms with E-state index in [0.717, 1.165) is 0 Å². The largest absolute Gasteiger partial charge is 0.498 e. The van der Waals surface area contributed by atoms with Crippen molar-refractivity contribution in [3.8, 4) is 5.06 Å². The molecule has 0 amide bonds. The first-order chi connectivity index (χ1) is 3.30. The Kier molecular flexibility index (Phi) is 3.21. The van der Waals surface area contributed by atoms with Crippen molar-refractivity contribution < 1.29 is 5.11 Å². The average Bonchev–Trinajstić information content (AvgIpc) is 1.91. The third kappa shape index (κ3) is 1.54. The zero-order valence-electron chi connectivity index (χ0n) is 3.80. The van der Waals surface area contributed by atoms with Crippen molar-refractivity contribution in [2.45, 2.75) is 0 Å². The second kappa shape index (κ2) is 3.17. The number of hydrogen-bond donors (Lipinski definition) is 1. The molecule has 0 saturated carbocycles. The molecule has 0 saturated heterocycles. The molecular formula is C4H4Cl2OS. The third-order valence-corrected chi connectivity index (χ3v) is 1.73. The van der Waals surface area contributed by atoms with Crippen LogP contribution in [0.15, 0.2) is 11.4 Å². The van der Waals surface area contributed by atoms with E-state index in [-0.39, 0.29) is 17.5 Å². The van der Waals surface area contributed by atoms with Crippen LogP contribution in [0, 0.1) is 0 Å². The first-order valence-corrected chi connectivity index (χ1v) is 2.98. The number of hydrogen-bond acceptors (Lipinski definition) is 2. The molecule has 8 heavy (non-hydrogen) atoms. The molecule has 4 heteroatoms. The minimum Gasteiger partial charge on any atom is -0.498 e. The zero-order chi connectivity index (χ0) is 5.28. The smallest absolute Gasteiger partial charge is 0.190 e. The highest BCUT2D eigenvalue weighted by Crippen LogP contribution is 2.28. The van der Waals surface area contributed by atoms with Gasteiger partial charge in [0.15, 0.2) is 5.06 Å². The molecule has 0 aliphatic carbocycles. The maximum Gasteiger partial charge on any atom is 0.190 e. The lowest BCUT2D eigenvalue weighted by atomic mass is 10.6. The van der Waals surface area contributed by atoms with E-state index in [0.29, 0.717) is 5.02 Å². The lowest BCUT2D eigenvalue weighted by Gasteiger charge is -1.76. The quantitative estimate of drug-likeness (QED) is 0.635. The zero-order valence-corrected chi connectivity index (χ0v) is 6.19. The van der Waals surface area contributed by atoms with Gasteiger partial charge in [0.05, 0.1) is 5.02 Å². The topological polar surface area (TPSA) is 20.2 Å². The predicted molar refractivity (Wildman–Crippen MR) is 38.2 cm³/mol. The third-order valence-electron chi connectivity index (χ3n) is 0.598. The van der Waals surface area contributed by atoms with Crippen molar-refractivity contribution in [2.24, 2.45) is 0 Å². The highest BCUT2D eigenvalue weighted by atomic mass is 35.5. The molecule has 0 unspecified atom stereocenters. The van der Waals surface area contributed by atoms with Gasteiger partial charge in [-0.05, 0) is 11.4 Å². The van der Waals surface area contributed by atoms with Gasteiger partial charge >= 0.3 is 0 Å². The molecule has 0 spiro atoms. The lowest BCUT2D eigenvalue weighted by molar-refractivity contribution is 0.491. The van der Waals surface area contributed by atoms with E-state index in [4.69, 9.17) is 16.7 Å². The summed E-state index contributed by atoms with van der Waals surface area (Å²) in [5.41, 5.74) is 0. The first kappa shape index (κ1) is 8.08. The van der Waals surface area contributed by atoms with Crippen LogP contribution in [0.2, 0.25) is 5.02 Å². The van der Waals surface area contributed by atoms with E-state index < -0.39 is 0 Å². The average molecular weight is 171 g/mol. The molecule has 0 aromatic carbocycles. The van der Waals surface area contributed by atoms with Gasteiger partial charge in [-0.25, -0.2) is 0 Å². The maximum absolute atomic E-state index is 8.65. The monoisotopic (exact) mass is 170 g/mol. The van der Waals surface area contributed by atoms with Crippen LogP contribution >= 0.6 is 35.3 Å². The molecule has 1 aromatic heterocycles. The Balaban J connectivity index is 0.000000490. The van der Waals surface area contributed by atoms with E-state index in [1.165, 1.54) is 11.3 Å². The molecule has 1 N–H and O–H groups in total. The van der Waals surface area contributed by atoms with Gasteiger partial charge in [0, 0.05) is 0 Å². The van der Waals surface area contributed by atoms with E-state index in [9.17, 15) is 0 Å². The van der Waals surface area contributed by atoms with Gasteiger partial charge in [0.1, 0.15) is 0 Å². The molecule has 1 aromatic rings. The first-order valence-electron chi connectivity index (χ1n) is 1.72. The Hall–Kier alpha value is 0.0800. The van der Waals surface area contributed by atoms with Gasteiger partial charge in [-0.2, -0.15) is 0 Å². The Labute approximate surface area is 62.3 Å². The summed E-state index contributed by atoms with van der Waals surface area (Å²) in [6.45, 7) is 0. The minimum atomic E-state index is 0. The van der Waals surface area contributed by atoms with E-state index in [2.05, 4.69) is 0 Å². The molecule has 0 fully saturated rings. The molecule has 1 rings (SSSR count). The normalized spacial score (nSPS) is 8.12. The Bertz CT molecular complexity index is 146. The Morgan fingerprint density at radius 3 is 2.38 bits per heavy atom. The second-order valence-corrected chi connectivity index (χ2v) is 2.38. The number of thiophene rings is 1. The van der Waals surface area contributed by atoms with Crippen LogP contribution in [-0.2, 0) is 0 Å². The molecule has 1 heterocycles. The van der Waals surface area contributed by atoms with Gasteiger partial charge in [0.25, 0.3) is 0 Å². The molecule has 0 aliphatic rings. The molecule has 0 atom stereocenters. The summed E-state index contributed by atoms with van der Waals surface area (Å²) in [7, 11) is 0. The molecular weight excluding hydrogens is 167 g/mol. The van der Waals surface area contributed by atoms with Gasteiger partial charge < -0.3 is 5.11 Å². The molecule has 0 bridgehead atoms. The summed E-state index contributed by atoms with van der Waals surface area (Å²) in [4.78, 5) is 0. The van der Waals surface area contributed by atoms with Crippen LogP contribution in [0.25, 0.3) is 0 Å². The van der Waals surface area contributed by atoms with E-state index in [1.807, 2.05) is 0 Å². The summed E-state index contributed by atoms with van der Waals surface area (Å²) in [5.74, 6) is 0. The van der Waals surface area contributed by atoms with Crippen molar-refractivity contribution in [2.75, 3.05) is 0 Å². The summed E-state index contributed by atoms with van der Waals surface area (Å²) in [6, 6.07) is 1.65. The number of rotatable bonds is 0. The van der Waals surface area contributed by atoms with Gasteiger partial charge in [-0.3, -0.25) is 0 Å². The van der Waals surface area contributed by atoms with Crippen LogP contribution in [0.3, 0.4) is 0 Å². The predicted octanol–water partition coefficient (Wildman–Crippen LogP) is 2.53. The van der Waals surface area contributed by atoms with Crippen LogP contribution < -0.4 is 0 Å². The maximum atomic E-state index is 8.65. The van der Waals surface area contributed by atoms with Gasteiger partial charge in [0.2, 0.25) is 0 Å². The van der Waals surface area contributed by atoms with Crippen molar-refractivity contribution in [3.63, 3.8) is 0 Å². The summed E-state index contributed by atoms with van der Waals surface area (Å²) in [6.07, 6.45) is 0. The molecule has 46 valence electrons. The van der Waals surface area contributed by atoms with Gasteiger partial charge in [-0.1, -0.05) is 11.6 Å². The second-order valence-electron chi connectivity index (χ2n) is 1.07. The lowest BCUT2D eigenvalue weighted by Crippen LogP contribution is -1.46.